The number of halogens is 1. The molecule has 0 saturated heterocycles. The fourth-order valence-corrected chi connectivity index (χ4v) is 2.32. The minimum Gasteiger partial charge on any atom is -0.397 e. The Morgan fingerprint density at radius 1 is 1.25 bits per heavy atom. The summed E-state index contributed by atoms with van der Waals surface area (Å²) in [6.45, 7) is 0. The summed E-state index contributed by atoms with van der Waals surface area (Å²) in [7, 11) is 0. The molecule has 2 nitrogen and oxygen atoms in total. The molecule has 1 aliphatic carbocycles. The third-order valence-electron chi connectivity index (χ3n) is 2.25. The van der Waals surface area contributed by atoms with Crippen LogP contribution in [0.5, 0.6) is 0 Å². The van der Waals surface area contributed by atoms with Crippen LogP contribution >= 0.6 is 22.6 Å². The summed E-state index contributed by atoms with van der Waals surface area (Å²) in [5.74, 6) is 0.681. The summed E-state index contributed by atoms with van der Waals surface area (Å²) >= 11 is 2.32. The Hall–Kier alpha value is -0.450. The number of benzene rings is 1. The number of hydrogen-bond donors (Lipinski definition) is 2. The van der Waals surface area contributed by atoms with Crippen molar-refractivity contribution in [3.05, 3.63) is 21.3 Å². The molecule has 0 aliphatic heterocycles. The number of nitrogens with two attached hydrogens (primary N) is 2. The molecule has 2 rings (SSSR count). The van der Waals surface area contributed by atoms with Crippen molar-refractivity contribution in [1.82, 2.24) is 0 Å². The molecule has 0 bridgehead atoms. The lowest BCUT2D eigenvalue weighted by molar-refractivity contribution is 1.12. The van der Waals surface area contributed by atoms with Crippen LogP contribution in [-0.4, -0.2) is 0 Å². The van der Waals surface area contributed by atoms with E-state index in [1.807, 2.05) is 12.1 Å². The summed E-state index contributed by atoms with van der Waals surface area (Å²) in [6.07, 6.45) is 2.54. The topological polar surface area (TPSA) is 52.0 Å². The molecule has 64 valence electrons. The van der Waals surface area contributed by atoms with Crippen LogP contribution in [0.15, 0.2) is 12.1 Å². The molecular weight excluding hydrogens is 263 g/mol. The predicted octanol–water partition coefficient (Wildman–Crippen LogP) is 2.33. The van der Waals surface area contributed by atoms with Gasteiger partial charge >= 0.3 is 0 Å². The first-order chi connectivity index (χ1) is 5.70. The van der Waals surface area contributed by atoms with E-state index in [0.717, 1.165) is 11.4 Å². The van der Waals surface area contributed by atoms with Crippen LogP contribution in [-0.2, 0) is 0 Å². The minimum atomic E-state index is 0.681. The van der Waals surface area contributed by atoms with Gasteiger partial charge in [0.05, 0.1) is 11.4 Å². The Morgan fingerprint density at radius 2 is 1.92 bits per heavy atom. The van der Waals surface area contributed by atoms with Gasteiger partial charge in [-0.15, -0.1) is 0 Å². The zero-order valence-corrected chi connectivity index (χ0v) is 8.84. The van der Waals surface area contributed by atoms with E-state index in [9.17, 15) is 0 Å². The van der Waals surface area contributed by atoms with Gasteiger partial charge in [-0.05, 0) is 59.0 Å². The molecule has 0 amide bonds. The summed E-state index contributed by atoms with van der Waals surface area (Å²) in [5, 5.41) is 0. The highest BCUT2D eigenvalue weighted by atomic mass is 127. The van der Waals surface area contributed by atoms with E-state index in [4.69, 9.17) is 11.5 Å². The van der Waals surface area contributed by atoms with Crippen molar-refractivity contribution in [2.24, 2.45) is 0 Å². The van der Waals surface area contributed by atoms with Gasteiger partial charge in [-0.25, -0.2) is 0 Å². The highest BCUT2D eigenvalue weighted by Gasteiger charge is 2.28. The molecule has 3 heteroatoms. The molecule has 1 aliphatic rings. The van der Waals surface area contributed by atoms with Crippen LogP contribution in [0.1, 0.15) is 24.3 Å². The maximum atomic E-state index is 5.89. The molecule has 1 saturated carbocycles. The van der Waals surface area contributed by atoms with Crippen LogP contribution in [0.4, 0.5) is 11.4 Å². The number of nitrogen functional groups attached to an aromatic ring is 2. The number of rotatable bonds is 1. The second kappa shape index (κ2) is 2.80. The lowest BCUT2D eigenvalue weighted by atomic mass is 10.1. The molecule has 1 fully saturated rings. The normalized spacial score (nSPS) is 16.4. The lowest BCUT2D eigenvalue weighted by Gasteiger charge is -2.08. The predicted molar refractivity (Wildman–Crippen MR) is 60.0 cm³/mol. The summed E-state index contributed by atoms with van der Waals surface area (Å²) in [4.78, 5) is 0. The van der Waals surface area contributed by atoms with Gasteiger partial charge in [-0.3, -0.25) is 0 Å². The van der Waals surface area contributed by atoms with E-state index in [1.54, 1.807) is 0 Å². The van der Waals surface area contributed by atoms with E-state index in [1.165, 1.54) is 22.0 Å². The summed E-state index contributed by atoms with van der Waals surface area (Å²) < 4.78 is 1.25. The van der Waals surface area contributed by atoms with Gasteiger partial charge in [-0.2, -0.15) is 0 Å². The zero-order chi connectivity index (χ0) is 8.72. The van der Waals surface area contributed by atoms with E-state index < -0.39 is 0 Å². The third-order valence-corrected chi connectivity index (χ3v) is 3.19. The number of anilines is 2. The van der Waals surface area contributed by atoms with E-state index in [0.29, 0.717) is 5.92 Å². The average Bonchev–Trinajstić information content (AvgIpc) is 2.81. The van der Waals surface area contributed by atoms with Crippen molar-refractivity contribution >= 4 is 34.0 Å². The molecule has 1 aromatic carbocycles. The highest BCUT2D eigenvalue weighted by Crippen LogP contribution is 2.46. The van der Waals surface area contributed by atoms with Gasteiger partial charge in [0, 0.05) is 3.57 Å². The molecule has 0 heterocycles. The maximum absolute atomic E-state index is 5.89. The van der Waals surface area contributed by atoms with E-state index in [-0.39, 0.29) is 0 Å². The molecule has 0 radical (unpaired) electrons. The molecular formula is C9H11IN2. The summed E-state index contributed by atoms with van der Waals surface area (Å²) in [6, 6.07) is 3.92. The lowest BCUT2D eigenvalue weighted by Crippen LogP contribution is -2.00. The smallest absolute Gasteiger partial charge is 0.0593 e. The van der Waals surface area contributed by atoms with Crippen LogP contribution in [0, 0.1) is 3.57 Å². The Balaban J connectivity index is 2.55. The second-order valence-corrected chi connectivity index (χ2v) is 4.40. The number of hydrogen-bond acceptors (Lipinski definition) is 2. The highest BCUT2D eigenvalue weighted by molar-refractivity contribution is 14.1. The van der Waals surface area contributed by atoms with Crippen LogP contribution < -0.4 is 11.5 Å². The fourth-order valence-electron chi connectivity index (χ4n) is 1.41. The molecule has 1 aromatic rings. The van der Waals surface area contributed by atoms with Crippen LogP contribution in [0.3, 0.4) is 0 Å². The molecule has 4 N–H and O–H groups in total. The fraction of sp³-hybridized carbons (Fsp3) is 0.333. The van der Waals surface area contributed by atoms with Crippen LogP contribution in [0.25, 0.3) is 0 Å². The van der Waals surface area contributed by atoms with Crippen molar-refractivity contribution in [2.45, 2.75) is 18.8 Å². The van der Waals surface area contributed by atoms with Crippen molar-refractivity contribution in [3.63, 3.8) is 0 Å². The molecule has 12 heavy (non-hydrogen) atoms. The largest absolute Gasteiger partial charge is 0.397 e. The van der Waals surface area contributed by atoms with Gasteiger partial charge < -0.3 is 11.5 Å². The zero-order valence-electron chi connectivity index (χ0n) is 6.68. The van der Waals surface area contributed by atoms with Gasteiger partial charge in [0.2, 0.25) is 0 Å². The molecule has 0 atom stereocenters. The first-order valence-electron chi connectivity index (χ1n) is 4.03. The van der Waals surface area contributed by atoms with Crippen molar-refractivity contribution in [2.75, 3.05) is 11.5 Å². The Labute approximate surface area is 85.5 Å². The van der Waals surface area contributed by atoms with Gasteiger partial charge in [-0.1, -0.05) is 0 Å². The molecule has 0 aromatic heterocycles. The quantitative estimate of drug-likeness (QED) is 0.610. The average molecular weight is 274 g/mol. The maximum Gasteiger partial charge on any atom is 0.0593 e. The van der Waals surface area contributed by atoms with Crippen molar-refractivity contribution < 1.29 is 0 Å². The van der Waals surface area contributed by atoms with Gasteiger partial charge in [0.15, 0.2) is 0 Å². The molecule has 0 unspecified atom stereocenters. The van der Waals surface area contributed by atoms with E-state index in [2.05, 4.69) is 22.6 Å². The summed E-state index contributed by atoms with van der Waals surface area (Å²) in [5.41, 5.74) is 14.4. The van der Waals surface area contributed by atoms with Crippen molar-refractivity contribution in [3.8, 4) is 0 Å². The second-order valence-electron chi connectivity index (χ2n) is 3.24. The van der Waals surface area contributed by atoms with Gasteiger partial charge in [0.1, 0.15) is 0 Å². The Kier molecular flexibility index (Phi) is 1.90. The Morgan fingerprint density at radius 3 is 2.50 bits per heavy atom. The monoisotopic (exact) mass is 274 g/mol. The first kappa shape index (κ1) is 8.16. The van der Waals surface area contributed by atoms with Crippen molar-refractivity contribution in [1.29, 1.82) is 0 Å². The SMILES string of the molecule is Nc1ccc(I)c(C2CC2)c1N. The van der Waals surface area contributed by atoms with Crippen LogP contribution in [0.2, 0.25) is 0 Å². The Bertz CT molecular complexity index is 319. The third kappa shape index (κ3) is 1.26. The minimum absolute atomic E-state index is 0.681. The van der Waals surface area contributed by atoms with Gasteiger partial charge in [0.25, 0.3) is 0 Å². The van der Waals surface area contributed by atoms with E-state index >= 15 is 0 Å². The molecule has 0 spiro atoms. The first-order valence-corrected chi connectivity index (χ1v) is 5.11. The standard InChI is InChI=1S/C9H11IN2/c10-6-3-4-7(11)9(12)8(6)5-1-2-5/h3-5H,1-2,11-12H2.